The molecule has 98 valence electrons. The number of aromatic carboxylic acids is 1. The lowest BCUT2D eigenvalue weighted by molar-refractivity contribution is 0.0678. The fourth-order valence-corrected chi connectivity index (χ4v) is 1.41. The summed E-state index contributed by atoms with van der Waals surface area (Å²) < 4.78 is 11.0. The molecule has 1 saturated carbocycles. The molecular weight excluding hydrogens is 234 g/mol. The molecule has 1 aliphatic rings. The number of rotatable bonds is 4. The first-order chi connectivity index (χ1) is 8.35. The highest BCUT2D eigenvalue weighted by Gasteiger charge is 2.27. The van der Waals surface area contributed by atoms with Gasteiger partial charge in [0.1, 0.15) is 5.60 Å². The summed E-state index contributed by atoms with van der Waals surface area (Å²) in [6.07, 6.45) is 2.08. The summed E-state index contributed by atoms with van der Waals surface area (Å²) in [5.41, 5.74) is -0.509. The van der Waals surface area contributed by atoms with Gasteiger partial charge in [-0.15, -0.1) is 0 Å². The van der Waals surface area contributed by atoms with E-state index in [-0.39, 0.29) is 11.8 Å². The van der Waals surface area contributed by atoms with Crippen molar-refractivity contribution in [3.8, 4) is 11.6 Å². The molecule has 0 aliphatic heterocycles. The van der Waals surface area contributed by atoms with E-state index < -0.39 is 11.6 Å². The van der Waals surface area contributed by atoms with Crippen LogP contribution < -0.4 is 9.47 Å². The molecule has 1 heterocycles. The molecule has 18 heavy (non-hydrogen) atoms. The van der Waals surface area contributed by atoms with E-state index in [9.17, 15) is 4.79 Å². The summed E-state index contributed by atoms with van der Waals surface area (Å²) in [6.45, 7) is 5.64. The molecule has 0 radical (unpaired) electrons. The normalized spacial score (nSPS) is 15.3. The molecule has 1 aromatic rings. The average molecular weight is 251 g/mol. The van der Waals surface area contributed by atoms with Gasteiger partial charge in [-0.3, -0.25) is 0 Å². The van der Waals surface area contributed by atoms with Crippen molar-refractivity contribution in [3.05, 3.63) is 17.8 Å². The van der Waals surface area contributed by atoms with Crippen LogP contribution in [0.15, 0.2) is 12.1 Å². The van der Waals surface area contributed by atoms with Crippen molar-refractivity contribution < 1.29 is 19.4 Å². The topological polar surface area (TPSA) is 68.7 Å². The highest BCUT2D eigenvalue weighted by Crippen LogP contribution is 2.30. The van der Waals surface area contributed by atoms with Crippen LogP contribution in [0.2, 0.25) is 0 Å². The van der Waals surface area contributed by atoms with Crippen molar-refractivity contribution in [2.24, 2.45) is 0 Å². The minimum atomic E-state index is -1.11. The van der Waals surface area contributed by atoms with Gasteiger partial charge in [0.05, 0.1) is 6.10 Å². The van der Waals surface area contributed by atoms with Crippen LogP contribution in [-0.2, 0) is 0 Å². The number of carboxylic acid groups (broad SMARTS) is 1. The van der Waals surface area contributed by atoms with Gasteiger partial charge in [-0.25, -0.2) is 9.78 Å². The highest BCUT2D eigenvalue weighted by molar-refractivity contribution is 5.88. The van der Waals surface area contributed by atoms with Crippen LogP contribution in [0, 0.1) is 0 Å². The van der Waals surface area contributed by atoms with Crippen molar-refractivity contribution in [3.63, 3.8) is 0 Å². The third-order valence-electron chi connectivity index (χ3n) is 2.26. The van der Waals surface area contributed by atoms with Crippen molar-refractivity contribution in [1.29, 1.82) is 0 Å². The molecule has 2 rings (SSSR count). The van der Waals surface area contributed by atoms with Gasteiger partial charge in [-0.05, 0) is 39.7 Å². The second-order valence-electron chi connectivity index (χ2n) is 5.33. The maximum atomic E-state index is 11.1. The number of carboxylic acids is 1. The lowest BCUT2D eigenvalue weighted by Gasteiger charge is -2.20. The Morgan fingerprint density at radius 1 is 1.39 bits per heavy atom. The van der Waals surface area contributed by atoms with E-state index in [1.807, 2.05) is 20.8 Å². The Bertz CT molecular complexity index is 461. The van der Waals surface area contributed by atoms with E-state index in [0.29, 0.717) is 11.6 Å². The first-order valence-corrected chi connectivity index (χ1v) is 5.95. The Labute approximate surface area is 106 Å². The third-order valence-corrected chi connectivity index (χ3v) is 2.26. The van der Waals surface area contributed by atoms with Gasteiger partial charge >= 0.3 is 5.97 Å². The molecular formula is C13H17NO4. The second kappa shape index (κ2) is 4.48. The lowest BCUT2D eigenvalue weighted by Crippen LogP contribution is -2.24. The smallest absolute Gasteiger partial charge is 0.358 e. The number of nitrogens with zero attached hydrogens (tertiary/aromatic N) is 1. The number of hydrogen-bond acceptors (Lipinski definition) is 4. The van der Waals surface area contributed by atoms with Gasteiger partial charge in [0.2, 0.25) is 5.88 Å². The van der Waals surface area contributed by atoms with Crippen LogP contribution in [0.4, 0.5) is 0 Å². The quantitative estimate of drug-likeness (QED) is 0.890. The summed E-state index contributed by atoms with van der Waals surface area (Å²) in [5.74, 6) is -0.501. The summed E-state index contributed by atoms with van der Waals surface area (Å²) >= 11 is 0. The van der Waals surface area contributed by atoms with Crippen LogP contribution in [0.5, 0.6) is 11.6 Å². The van der Waals surface area contributed by atoms with Crippen molar-refractivity contribution >= 4 is 5.97 Å². The predicted octanol–water partition coefficient (Wildman–Crippen LogP) is 2.50. The molecule has 0 unspecified atom stereocenters. The van der Waals surface area contributed by atoms with Crippen LogP contribution in [-0.4, -0.2) is 27.8 Å². The van der Waals surface area contributed by atoms with Gasteiger partial charge < -0.3 is 14.6 Å². The van der Waals surface area contributed by atoms with Crippen LogP contribution in [0.3, 0.4) is 0 Å². The summed E-state index contributed by atoms with van der Waals surface area (Å²) in [7, 11) is 0. The minimum absolute atomic E-state index is 0.0938. The molecule has 0 saturated heterocycles. The Hall–Kier alpha value is -1.78. The van der Waals surface area contributed by atoms with E-state index in [1.54, 1.807) is 12.1 Å². The van der Waals surface area contributed by atoms with Crippen LogP contribution in [0.25, 0.3) is 0 Å². The Kier molecular flexibility index (Phi) is 3.15. The molecule has 5 heteroatoms. The zero-order chi connectivity index (χ0) is 13.3. The fourth-order valence-electron chi connectivity index (χ4n) is 1.41. The van der Waals surface area contributed by atoms with E-state index in [2.05, 4.69) is 4.98 Å². The maximum Gasteiger partial charge on any atom is 0.358 e. The van der Waals surface area contributed by atoms with Gasteiger partial charge in [0, 0.05) is 6.07 Å². The minimum Gasteiger partial charge on any atom is -0.488 e. The standard InChI is InChI=1S/C13H17NO4/c1-13(2,3)18-10-7-6-9(17-8-4-5-8)11(14-10)12(15)16/h6-8H,4-5H2,1-3H3,(H,15,16). The first-order valence-electron chi connectivity index (χ1n) is 5.95. The Balaban J connectivity index is 2.24. The Morgan fingerprint density at radius 3 is 2.56 bits per heavy atom. The fraction of sp³-hybridized carbons (Fsp3) is 0.538. The van der Waals surface area contributed by atoms with E-state index in [0.717, 1.165) is 12.8 Å². The largest absolute Gasteiger partial charge is 0.488 e. The van der Waals surface area contributed by atoms with Crippen molar-refractivity contribution in [2.75, 3.05) is 0 Å². The zero-order valence-electron chi connectivity index (χ0n) is 10.8. The van der Waals surface area contributed by atoms with Crippen molar-refractivity contribution in [2.45, 2.75) is 45.3 Å². The van der Waals surface area contributed by atoms with Gasteiger partial charge in [0.15, 0.2) is 11.4 Å². The molecule has 0 aromatic carbocycles. The number of ether oxygens (including phenoxy) is 2. The van der Waals surface area contributed by atoms with Crippen LogP contribution in [0.1, 0.15) is 44.1 Å². The molecule has 0 bridgehead atoms. The summed E-state index contributed by atoms with van der Waals surface area (Å²) in [6, 6.07) is 3.24. The van der Waals surface area contributed by atoms with E-state index in [4.69, 9.17) is 14.6 Å². The maximum absolute atomic E-state index is 11.1. The van der Waals surface area contributed by atoms with Crippen molar-refractivity contribution in [1.82, 2.24) is 4.98 Å². The summed E-state index contributed by atoms with van der Waals surface area (Å²) in [4.78, 5) is 15.1. The SMILES string of the molecule is CC(C)(C)Oc1ccc(OC2CC2)c(C(=O)O)n1. The Morgan fingerprint density at radius 2 is 2.06 bits per heavy atom. The number of aromatic nitrogens is 1. The van der Waals surface area contributed by atoms with E-state index in [1.165, 1.54) is 0 Å². The van der Waals surface area contributed by atoms with E-state index >= 15 is 0 Å². The number of hydrogen-bond donors (Lipinski definition) is 1. The highest BCUT2D eigenvalue weighted by atomic mass is 16.5. The van der Waals surface area contributed by atoms with Gasteiger partial charge in [-0.2, -0.15) is 0 Å². The third kappa shape index (κ3) is 3.35. The predicted molar refractivity (Wildman–Crippen MR) is 65.2 cm³/mol. The molecule has 1 aromatic heterocycles. The molecule has 1 N–H and O–H groups in total. The summed E-state index contributed by atoms with van der Waals surface area (Å²) in [5, 5.41) is 9.12. The second-order valence-corrected chi connectivity index (χ2v) is 5.33. The molecule has 5 nitrogen and oxygen atoms in total. The van der Waals surface area contributed by atoms with Gasteiger partial charge in [-0.1, -0.05) is 0 Å². The molecule has 1 fully saturated rings. The molecule has 0 amide bonds. The van der Waals surface area contributed by atoms with Crippen LogP contribution >= 0.6 is 0 Å². The van der Waals surface area contributed by atoms with Gasteiger partial charge in [0.25, 0.3) is 0 Å². The first kappa shape index (κ1) is 12.7. The molecule has 0 atom stereocenters. The lowest BCUT2D eigenvalue weighted by atomic mass is 10.2. The zero-order valence-corrected chi connectivity index (χ0v) is 10.8. The molecule has 0 spiro atoms. The average Bonchev–Trinajstić information content (AvgIpc) is 3.01. The number of pyridine rings is 1. The number of carbonyl (C=O) groups is 1. The monoisotopic (exact) mass is 251 g/mol. The molecule has 1 aliphatic carbocycles.